The van der Waals surface area contributed by atoms with Crippen molar-refractivity contribution in [2.45, 2.75) is 0 Å². The third kappa shape index (κ3) is 6.33. The number of phenols is 2. The van der Waals surface area contributed by atoms with Crippen LogP contribution in [0.25, 0.3) is 43.1 Å². The number of ketones is 1. The van der Waals surface area contributed by atoms with Crippen LogP contribution in [0.2, 0.25) is 0 Å². The van der Waals surface area contributed by atoms with Gasteiger partial charge in [0, 0.05) is 27.1 Å². The highest BCUT2D eigenvalue weighted by atomic mass is 16.4. The van der Waals surface area contributed by atoms with E-state index in [0.29, 0.717) is 10.8 Å². The molecule has 9 aromatic rings. The van der Waals surface area contributed by atoms with Gasteiger partial charge in [0.15, 0.2) is 11.2 Å². The zero-order valence-electron chi connectivity index (χ0n) is 28.7. The highest BCUT2D eigenvalue weighted by Gasteiger charge is 2.27. The number of fused-ring (bicyclic) bond motifs is 2. The predicted molar refractivity (Wildman–Crippen MR) is 207 cm³/mol. The van der Waals surface area contributed by atoms with Crippen LogP contribution in [0.1, 0.15) is 57.4 Å². The summed E-state index contributed by atoms with van der Waals surface area (Å²) < 4.78 is 0. The maximum atomic E-state index is 14.9. The Morgan fingerprint density at radius 3 is 1.57 bits per heavy atom. The van der Waals surface area contributed by atoms with Crippen LogP contribution in [-0.4, -0.2) is 60.3 Å². The second-order valence-electron chi connectivity index (χ2n) is 12.4. The summed E-state index contributed by atoms with van der Waals surface area (Å²) in [6, 6.07) is 23.8. The average molecular weight is 753 g/mol. The highest BCUT2D eigenvalue weighted by molar-refractivity contribution is 6.22. The van der Waals surface area contributed by atoms with Crippen LogP contribution in [0, 0.1) is 0 Å². The van der Waals surface area contributed by atoms with Crippen molar-refractivity contribution in [2.75, 3.05) is 5.32 Å². The minimum Gasteiger partial charge on any atom is -0.507 e. The number of nitrogens with one attached hydrogen (secondary N) is 1. The number of rotatable bonds is 8. The molecular formula is C42H28N2O12. The molecule has 9 aromatic carbocycles. The number of carboxylic acid groups (broad SMARTS) is 4. The molecule has 56 heavy (non-hydrogen) atoms. The van der Waals surface area contributed by atoms with Gasteiger partial charge in [-0.1, -0.05) is 54.6 Å². The first-order valence-corrected chi connectivity index (χ1v) is 16.3. The number of anilines is 2. The standard InChI is InChI=1S/C42H25NO12.H3N/c44-32-17-19-8-11-22(32)21-10-13-27(40(50)51)30(16-21)38(47)35-29(42(54)55)15-14-24(23-12-9-20(19)18-33(23)45)36(35)43-31-7-3-6-28(41(52)53)34(31)37(46)25-4-1-2-5-26(25)39(48)49;/h1-18,43-45H,(H,48,49)(H,50,51)(H,52,53)(H,54,55);1H3. The summed E-state index contributed by atoms with van der Waals surface area (Å²) in [6.07, 6.45) is 0. The van der Waals surface area contributed by atoms with Gasteiger partial charge in [0.05, 0.1) is 44.6 Å². The van der Waals surface area contributed by atoms with Gasteiger partial charge in [0.2, 0.25) is 0 Å². The van der Waals surface area contributed by atoms with Crippen molar-refractivity contribution in [3.8, 4) is 11.5 Å². The summed E-state index contributed by atoms with van der Waals surface area (Å²) in [7, 11) is 0. The summed E-state index contributed by atoms with van der Waals surface area (Å²) in [4.78, 5) is 79.2. The molecule has 0 radical (unpaired) electrons. The number of benzene rings is 6. The van der Waals surface area contributed by atoms with Crippen molar-refractivity contribution >= 4 is 84.1 Å². The fourth-order valence-corrected chi connectivity index (χ4v) is 6.70. The molecule has 0 unspecified atom stereocenters. The minimum absolute atomic E-state index is 0. The fraction of sp³-hybridized carbons (Fsp3) is 0. The first-order chi connectivity index (χ1) is 26.3. The maximum Gasteiger partial charge on any atom is 0.336 e. The van der Waals surface area contributed by atoms with E-state index in [-0.39, 0.29) is 56.1 Å². The molecular weight excluding hydrogens is 724 g/mol. The molecule has 0 saturated heterocycles. The molecule has 14 nitrogen and oxygen atoms in total. The van der Waals surface area contributed by atoms with Crippen LogP contribution < -0.4 is 16.9 Å². The first kappa shape index (κ1) is 37.7. The maximum absolute atomic E-state index is 14.9. The quantitative estimate of drug-likeness (QED) is 0.0696. The monoisotopic (exact) mass is 752 g/mol. The summed E-state index contributed by atoms with van der Waals surface area (Å²) in [6.45, 7) is 0. The largest absolute Gasteiger partial charge is 0.507 e. The topological polar surface area (TPSA) is 271 Å². The van der Waals surface area contributed by atoms with Crippen molar-refractivity contribution in [2.24, 2.45) is 0 Å². The van der Waals surface area contributed by atoms with E-state index in [0.717, 1.165) is 24.3 Å². The zero-order valence-corrected chi connectivity index (χ0v) is 28.7. The lowest BCUT2D eigenvalue weighted by atomic mass is 9.93. The second-order valence-corrected chi connectivity index (χ2v) is 12.4. The molecule has 0 aliphatic rings. The van der Waals surface area contributed by atoms with E-state index in [1.807, 2.05) is 0 Å². The molecule has 0 fully saturated rings. The van der Waals surface area contributed by atoms with Gasteiger partial charge >= 0.3 is 23.9 Å². The smallest absolute Gasteiger partial charge is 0.336 e. The van der Waals surface area contributed by atoms with Crippen molar-refractivity contribution in [1.29, 1.82) is 0 Å². The Bertz CT molecular complexity index is 2990. The van der Waals surface area contributed by atoms with E-state index >= 15 is 0 Å². The summed E-state index contributed by atoms with van der Waals surface area (Å²) in [5, 5.41) is 66.3. The second kappa shape index (κ2) is 14.4. The number of carbonyl (C=O) groups is 5. The van der Waals surface area contributed by atoms with Gasteiger partial charge in [-0.3, -0.25) is 9.59 Å². The van der Waals surface area contributed by atoms with E-state index in [2.05, 4.69) is 5.32 Å². The lowest BCUT2D eigenvalue weighted by molar-refractivity contribution is 0.0683. The zero-order chi connectivity index (χ0) is 39.3. The summed E-state index contributed by atoms with van der Waals surface area (Å²) >= 11 is 0. The van der Waals surface area contributed by atoms with Crippen LogP contribution in [-0.2, 0) is 0 Å². The predicted octanol–water partition coefficient (Wildman–Crippen LogP) is 7.56. The van der Waals surface area contributed by atoms with Crippen LogP contribution in [0.5, 0.6) is 11.5 Å². The molecule has 14 heteroatoms. The van der Waals surface area contributed by atoms with Gasteiger partial charge < -0.3 is 42.1 Å². The van der Waals surface area contributed by atoms with Crippen LogP contribution >= 0.6 is 0 Å². The lowest BCUT2D eigenvalue weighted by Gasteiger charge is -2.18. The number of carbonyl (C=O) groups excluding carboxylic acids is 1. The molecule has 0 saturated carbocycles. The fourth-order valence-electron chi connectivity index (χ4n) is 6.70. The van der Waals surface area contributed by atoms with Crippen LogP contribution in [0.3, 0.4) is 0 Å². The molecule has 278 valence electrons. The van der Waals surface area contributed by atoms with Crippen molar-refractivity contribution in [1.82, 2.24) is 6.15 Å². The molecule has 10 N–H and O–H groups in total. The third-order valence-electron chi connectivity index (χ3n) is 9.27. The van der Waals surface area contributed by atoms with Gasteiger partial charge in [-0.25, -0.2) is 19.2 Å². The molecule has 0 aromatic heterocycles. The molecule has 0 atom stereocenters. The van der Waals surface area contributed by atoms with Crippen LogP contribution in [0.15, 0.2) is 114 Å². The van der Waals surface area contributed by atoms with Crippen molar-refractivity contribution in [3.05, 3.63) is 153 Å². The Morgan fingerprint density at radius 2 is 0.982 bits per heavy atom. The molecule has 0 spiro atoms. The molecule has 0 heterocycles. The van der Waals surface area contributed by atoms with Gasteiger partial charge in [0.25, 0.3) is 0 Å². The molecule has 0 amide bonds. The number of aromatic hydroxyl groups is 2. The van der Waals surface area contributed by atoms with Crippen LogP contribution in [0.4, 0.5) is 11.4 Å². The SMILES string of the molecule is N.O=C(O)c1ccccc1C(=O)c1c(Nc2c3c(C(=O)O)ccc2c2ccc(cc2O)c2ccc(c(O)c2)c2ccc(C(=O)O)c(c2)c3=O)cccc1C(=O)O. The average Bonchev–Trinajstić information content (AvgIpc) is 3.16. The van der Waals surface area contributed by atoms with E-state index in [1.54, 1.807) is 12.1 Å². The molecule has 0 aliphatic heterocycles. The molecule has 0 aliphatic carbocycles. The molecule has 8 bridgehead atoms. The van der Waals surface area contributed by atoms with Crippen molar-refractivity contribution < 1.29 is 54.6 Å². The number of phenolic OH excluding ortho intramolecular Hbond substituents is 2. The van der Waals surface area contributed by atoms with E-state index in [4.69, 9.17) is 0 Å². The lowest BCUT2D eigenvalue weighted by Crippen LogP contribution is -2.16. The Kier molecular flexibility index (Phi) is 9.67. The number of carboxylic acids is 4. The van der Waals surface area contributed by atoms with Gasteiger partial charge in [-0.2, -0.15) is 0 Å². The van der Waals surface area contributed by atoms with Crippen molar-refractivity contribution in [3.63, 3.8) is 0 Å². The van der Waals surface area contributed by atoms with Gasteiger partial charge in [-0.15, -0.1) is 0 Å². The highest BCUT2D eigenvalue weighted by Crippen LogP contribution is 2.38. The Hall–Kier alpha value is -8.10. The minimum atomic E-state index is -1.62. The number of hydrogen-bond acceptors (Lipinski definition) is 10. The van der Waals surface area contributed by atoms with Gasteiger partial charge in [-0.05, 0) is 70.8 Å². The number of aromatic carboxylic acids is 4. The van der Waals surface area contributed by atoms with E-state index in [9.17, 15) is 59.4 Å². The first-order valence-electron chi connectivity index (χ1n) is 16.3. The number of hydrogen-bond donors (Lipinski definition) is 8. The van der Waals surface area contributed by atoms with E-state index < -0.39 is 73.7 Å². The summed E-state index contributed by atoms with van der Waals surface area (Å²) in [5.41, 5.74) is -4.90. The van der Waals surface area contributed by atoms with E-state index in [1.165, 1.54) is 72.8 Å². The van der Waals surface area contributed by atoms with Gasteiger partial charge in [0.1, 0.15) is 11.5 Å². The normalized spacial score (nSPS) is 10.9. The Morgan fingerprint density at radius 1 is 0.464 bits per heavy atom. The Labute approximate surface area is 314 Å². The third-order valence-corrected chi connectivity index (χ3v) is 9.27. The Balaban J connectivity index is 0.00000532. The molecule has 9 rings (SSSR count). The summed E-state index contributed by atoms with van der Waals surface area (Å²) in [5.74, 6) is -7.88.